The molecule has 1 N–H and O–H groups in total. The van der Waals surface area contributed by atoms with Crippen molar-refractivity contribution in [1.29, 1.82) is 0 Å². The maximum absolute atomic E-state index is 13.1. The van der Waals surface area contributed by atoms with E-state index in [0.29, 0.717) is 5.92 Å². The van der Waals surface area contributed by atoms with Gasteiger partial charge in [0, 0.05) is 69.9 Å². The first kappa shape index (κ1) is 24.2. The van der Waals surface area contributed by atoms with Crippen LogP contribution in [-0.2, 0) is 14.3 Å². The molecule has 4 rings (SSSR count). The average molecular weight is 456 g/mol. The number of carboxylic acid groups (broad SMARTS) is 1. The Bertz CT molecular complexity index is 677. The van der Waals surface area contributed by atoms with E-state index in [9.17, 15) is 26.7 Å². The molecule has 2 saturated carbocycles. The van der Waals surface area contributed by atoms with Crippen molar-refractivity contribution in [1.82, 2.24) is 9.80 Å². The lowest BCUT2D eigenvalue weighted by atomic mass is 9.77. The number of nitrogens with zero attached hydrogens (tertiary/aromatic N) is 2. The number of halogens is 5. The van der Waals surface area contributed by atoms with Crippen LogP contribution >= 0.6 is 0 Å². The van der Waals surface area contributed by atoms with Crippen molar-refractivity contribution in [2.75, 3.05) is 46.4 Å². The summed E-state index contributed by atoms with van der Waals surface area (Å²) in [6.45, 7) is 5.42. The number of rotatable bonds is 5. The Kier molecular flexibility index (Phi) is 6.86. The average Bonchev–Trinajstić information content (AvgIpc) is 3.25. The maximum atomic E-state index is 13.1. The molecule has 178 valence electrons. The number of carbonyl (C=O) groups is 2. The van der Waals surface area contributed by atoms with Gasteiger partial charge in [-0.1, -0.05) is 0 Å². The maximum Gasteiger partial charge on any atom is 0.490 e. The van der Waals surface area contributed by atoms with E-state index < -0.39 is 24.0 Å². The lowest BCUT2D eigenvalue weighted by Gasteiger charge is -2.37. The summed E-state index contributed by atoms with van der Waals surface area (Å²) in [5.41, 5.74) is 0.104. The molecule has 1 spiro atoms. The van der Waals surface area contributed by atoms with Crippen LogP contribution in [0.4, 0.5) is 22.0 Å². The van der Waals surface area contributed by atoms with Crippen molar-refractivity contribution in [3.63, 3.8) is 0 Å². The molecule has 11 heteroatoms. The van der Waals surface area contributed by atoms with E-state index in [-0.39, 0.29) is 24.2 Å². The second-order valence-electron chi connectivity index (χ2n) is 9.43. The highest BCUT2D eigenvalue weighted by atomic mass is 19.4. The summed E-state index contributed by atoms with van der Waals surface area (Å²) in [7, 11) is 1.74. The number of hydrogen-bond acceptors (Lipinski definition) is 4. The van der Waals surface area contributed by atoms with Crippen molar-refractivity contribution >= 4 is 11.9 Å². The SMILES string of the molecule is COC[C@H]1CN(CC2CC2)C[C@@]12CCN(C(=O)C1CC(F)(F)C1)C2.O=C(O)C(F)(F)F. The van der Waals surface area contributed by atoms with Crippen LogP contribution in [0.25, 0.3) is 0 Å². The number of methoxy groups -OCH3 is 1. The third-order valence-electron chi connectivity index (χ3n) is 6.84. The fourth-order valence-corrected chi connectivity index (χ4v) is 5.02. The molecule has 1 amide bonds. The van der Waals surface area contributed by atoms with Crippen molar-refractivity contribution in [3.8, 4) is 0 Å². The summed E-state index contributed by atoms with van der Waals surface area (Å²) in [4.78, 5) is 25.8. The summed E-state index contributed by atoms with van der Waals surface area (Å²) in [6.07, 6.45) is -1.93. The van der Waals surface area contributed by atoms with Gasteiger partial charge in [-0.3, -0.25) is 4.79 Å². The molecule has 0 aromatic rings. The molecule has 4 fully saturated rings. The van der Waals surface area contributed by atoms with Gasteiger partial charge in [-0.15, -0.1) is 0 Å². The monoisotopic (exact) mass is 456 g/mol. The summed E-state index contributed by atoms with van der Waals surface area (Å²) in [5.74, 6) is -4.58. The highest BCUT2D eigenvalue weighted by Crippen LogP contribution is 2.48. The zero-order valence-electron chi connectivity index (χ0n) is 17.5. The van der Waals surface area contributed by atoms with E-state index in [2.05, 4.69) is 4.90 Å². The van der Waals surface area contributed by atoms with Crippen LogP contribution in [0.15, 0.2) is 0 Å². The summed E-state index contributed by atoms with van der Waals surface area (Å²) in [6, 6.07) is 0. The second kappa shape index (κ2) is 8.80. The molecule has 2 aliphatic heterocycles. The molecule has 0 radical (unpaired) electrons. The van der Waals surface area contributed by atoms with E-state index in [1.807, 2.05) is 4.90 Å². The van der Waals surface area contributed by atoms with Crippen molar-refractivity contribution < 1.29 is 41.4 Å². The molecule has 2 saturated heterocycles. The van der Waals surface area contributed by atoms with E-state index in [1.54, 1.807) is 7.11 Å². The molecule has 0 bridgehead atoms. The van der Waals surface area contributed by atoms with Gasteiger partial charge in [0.05, 0.1) is 6.61 Å². The highest BCUT2D eigenvalue weighted by Gasteiger charge is 2.55. The van der Waals surface area contributed by atoms with Gasteiger partial charge in [-0.05, 0) is 25.2 Å². The van der Waals surface area contributed by atoms with Crippen LogP contribution in [0, 0.1) is 23.2 Å². The predicted molar refractivity (Wildman–Crippen MR) is 99.5 cm³/mol. The van der Waals surface area contributed by atoms with Gasteiger partial charge >= 0.3 is 12.1 Å². The molecular weight excluding hydrogens is 427 g/mol. The Morgan fingerprint density at radius 2 is 1.77 bits per heavy atom. The fourth-order valence-electron chi connectivity index (χ4n) is 5.02. The third-order valence-corrected chi connectivity index (χ3v) is 6.84. The predicted octanol–water partition coefficient (Wildman–Crippen LogP) is 2.87. The van der Waals surface area contributed by atoms with Gasteiger partial charge in [0.2, 0.25) is 11.8 Å². The first-order valence-electron chi connectivity index (χ1n) is 10.5. The van der Waals surface area contributed by atoms with Crippen molar-refractivity contribution in [2.45, 2.75) is 44.2 Å². The van der Waals surface area contributed by atoms with Gasteiger partial charge in [-0.25, -0.2) is 13.6 Å². The Balaban J connectivity index is 0.000000339. The topological polar surface area (TPSA) is 70.1 Å². The summed E-state index contributed by atoms with van der Waals surface area (Å²) < 4.78 is 63.3. The minimum atomic E-state index is -5.08. The van der Waals surface area contributed by atoms with Crippen LogP contribution in [0.1, 0.15) is 32.1 Å². The molecule has 31 heavy (non-hydrogen) atoms. The number of carboxylic acids is 1. The summed E-state index contributed by atoms with van der Waals surface area (Å²) in [5, 5.41) is 7.12. The Morgan fingerprint density at radius 1 is 1.16 bits per heavy atom. The summed E-state index contributed by atoms with van der Waals surface area (Å²) >= 11 is 0. The first-order valence-corrected chi connectivity index (χ1v) is 10.5. The smallest absolute Gasteiger partial charge is 0.475 e. The van der Waals surface area contributed by atoms with Gasteiger partial charge in [0.15, 0.2) is 0 Å². The number of likely N-dealkylation sites (tertiary alicyclic amines) is 2. The van der Waals surface area contributed by atoms with E-state index in [0.717, 1.165) is 45.1 Å². The minimum absolute atomic E-state index is 0.0467. The number of ether oxygens (including phenoxy) is 1. The number of hydrogen-bond donors (Lipinski definition) is 1. The second-order valence-corrected chi connectivity index (χ2v) is 9.43. The Labute approximate surface area is 177 Å². The normalized spacial score (nSPS) is 30.8. The third kappa shape index (κ3) is 5.85. The lowest BCUT2D eigenvalue weighted by Crippen LogP contribution is -2.47. The van der Waals surface area contributed by atoms with Gasteiger partial charge in [-0.2, -0.15) is 13.2 Å². The largest absolute Gasteiger partial charge is 0.490 e. The number of amides is 1. The Hall–Kier alpha value is -1.49. The number of alkyl halides is 5. The molecule has 4 aliphatic rings. The quantitative estimate of drug-likeness (QED) is 0.645. The zero-order chi connectivity index (χ0) is 23.0. The highest BCUT2D eigenvalue weighted by molar-refractivity contribution is 5.80. The molecule has 2 aliphatic carbocycles. The van der Waals surface area contributed by atoms with Gasteiger partial charge < -0.3 is 19.6 Å². The fraction of sp³-hybridized carbons (Fsp3) is 0.900. The molecular formula is C20H29F5N2O4. The standard InChI is InChI=1S/C18H28F2N2O2.C2HF3O2/c1-24-10-15-9-21(8-13-2-3-13)11-17(15)4-5-22(12-17)16(23)14-6-18(19,20)7-14;3-2(4,5)1(6)7/h13-15H,2-12H2,1H3;(H,6,7)/t15-,17-;/m1./s1. The van der Waals surface area contributed by atoms with E-state index in [1.165, 1.54) is 19.4 Å². The van der Waals surface area contributed by atoms with Crippen LogP contribution in [-0.4, -0.2) is 85.3 Å². The van der Waals surface area contributed by atoms with Crippen molar-refractivity contribution in [2.24, 2.45) is 23.2 Å². The van der Waals surface area contributed by atoms with E-state index >= 15 is 0 Å². The molecule has 2 heterocycles. The van der Waals surface area contributed by atoms with Gasteiger partial charge in [0.1, 0.15) is 0 Å². The van der Waals surface area contributed by atoms with Crippen LogP contribution in [0.3, 0.4) is 0 Å². The molecule has 6 nitrogen and oxygen atoms in total. The molecule has 0 aromatic heterocycles. The van der Waals surface area contributed by atoms with Crippen LogP contribution < -0.4 is 0 Å². The van der Waals surface area contributed by atoms with Gasteiger partial charge in [0.25, 0.3) is 0 Å². The zero-order valence-corrected chi connectivity index (χ0v) is 17.5. The number of carbonyl (C=O) groups excluding carboxylic acids is 1. The first-order chi connectivity index (χ1) is 14.3. The Morgan fingerprint density at radius 3 is 2.26 bits per heavy atom. The van der Waals surface area contributed by atoms with E-state index in [4.69, 9.17) is 14.6 Å². The minimum Gasteiger partial charge on any atom is -0.475 e. The molecule has 2 atom stereocenters. The van der Waals surface area contributed by atoms with Crippen LogP contribution in [0.5, 0.6) is 0 Å². The molecule has 0 unspecified atom stereocenters. The number of aliphatic carboxylic acids is 1. The van der Waals surface area contributed by atoms with Crippen molar-refractivity contribution in [3.05, 3.63) is 0 Å². The lowest BCUT2D eigenvalue weighted by molar-refractivity contribution is -0.192. The van der Waals surface area contributed by atoms with Crippen LogP contribution in [0.2, 0.25) is 0 Å². The molecule has 0 aromatic carbocycles.